The quantitative estimate of drug-likeness (QED) is 0.617. The zero-order valence-corrected chi connectivity index (χ0v) is 10.5. The lowest BCUT2D eigenvalue weighted by atomic mass is 9.78. The van der Waals surface area contributed by atoms with Crippen molar-refractivity contribution in [3.8, 4) is 5.75 Å². The van der Waals surface area contributed by atoms with E-state index in [4.69, 9.17) is 10.5 Å². The summed E-state index contributed by atoms with van der Waals surface area (Å²) in [6, 6.07) is 3.82. The Kier molecular flexibility index (Phi) is 2.74. The van der Waals surface area contributed by atoms with Gasteiger partial charge in [-0.3, -0.25) is 10.1 Å². The minimum Gasteiger partial charge on any atom is -0.487 e. The van der Waals surface area contributed by atoms with Crippen molar-refractivity contribution in [2.75, 3.05) is 0 Å². The topological polar surface area (TPSA) is 116 Å². The van der Waals surface area contributed by atoms with Gasteiger partial charge in [0.15, 0.2) is 0 Å². The minimum atomic E-state index is -1.69. The number of benzene rings is 1. The first kappa shape index (κ1) is 13.3. The van der Waals surface area contributed by atoms with Gasteiger partial charge < -0.3 is 15.6 Å². The third kappa shape index (κ3) is 2.12. The number of nitrogens with two attached hydrogens (primary N) is 1. The summed E-state index contributed by atoms with van der Waals surface area (Å²) in [5, 5.41) is 20.1. The molecule has 1 unspecified atom stereocenters. The maximum absolute atomic E-state index is 11.5. The molecule has 19 heavy (non-hydrogen) atoms. The Morgan fingerprint density at radius 2 is 2.16 bits per heavy atom. The van der Waals surface area contributed by atoms with Gasteiger partial charge in [0.25, 0.3) is 5.69 Å². The van der Waals surface area contributed by atoms with Crippen molar-refractivity contribution in [3.63, 3.8) is 0 Å². The molecule has 7 nitrogen and oxygen atoms in total. The van der Waals surface area contributed by atoms with E-state index in [9.17, 15) is 20.0 Å². The molecule has 1 aromatic rings. The van der Waals surface area contributed by atoms with Gasteiger partial charge in [0.05, 0.1) is 4.92 Å². The summed E-state index contributed by atoms with van der Waals surface area (Å²) in [7, 11) is 0. The number of hydrogen-bond acceptors (Lipinski definition) is 5. The second kappa shape index (κ2) is 3.92. The number of ether oxygens (including phenoxy) is 1. The summed E-state index contributed by atoms with van der Waals surface area (Å²) in [5.74, 6) is -0.961. The van der Waals surface area contributed by atoms with E-state index in [1.807, 2.05) is 0 Å². The van der Waals surface area contributed by atoms with Crippen LogP contribution in [0.15, 0.2) is 18.2 Å². The van der Waals surface area contributed by atoms with E-state index in [2.05, 4.69) is 0 Å². The summed E-state index contributed by atoms with van der Waals surface area (Å²) in [4.78, 5) is 21.6. The van der Waals surface area contributed by atoms with Crippen molar-refractivity contribution in [3.05, 3.63) is 33.9 Å². The first-order valence-electron chi connectivity index (χ1n) is 5.66. The summed E-state index contributed by atoms with van der Waals surface area (Å²) in [5.41, 5.74) is 3.43. The molecule has 0 spiro atoms. The Labute approximate surface area is 109 Å². The van der Waals surface area contributed by atoms with Crippen LogP contribution in [0.2, 0.25) is 0 Å². The van der Waals surface area contributed by atoms with Crippen LogP contribution >= 0.6 is 0 Å². The van der Waals surface area contributed by atoms with Crippen LogP contribution in [-0.4, -0.2) is 21.6 Å². The van der Waals surface area contributed by atoms with E-state index in [0.717, 1.165) is 0 Å². The Hall–Kier alpha value is -2.15. The normalized spacial score (nSPS) is 24.2. The number of carboxylic acid groups (broad SMARTS) is 1. The minimum absolute atomic E-state index is 0.0313. The van der Waals surface area contributed by atoms with Crippen molar-refractivity contribution in [1.29, 1.82) is 0 Å². The lowest BCUT2D eigenvalue weighted by Crippen LogP contribution is -2.54. The number of non-ortho nitro benzene ring substituents is 1. The number of nitro benzene ring substituents is 1. The van der Waals surface area contributed by atoms with Gasteiger partial charge in [0, 0.05) is 24.1 Å². The van der Waals surface area contributed by atoms with Crippen molar-refractivity contribution in [2.45, 2.75) is 31.4 Å². The molecule has 0 saturated heterocycles. The van der Waals surface area contributed by atoms with Gasteiger partial charge in [-0.25, -0.2) is 4.79 Å². The average Bonchev–Trinajstić information content (AvgIpc) is 2.26. The first-order valence-corrected chi connectivity index (χ1v) is 5.66. The number of aliphatic carboxylic acids is 1. The van der Waals surface area contributed by atoms with Gasteiger partial charge >= 0.3 is 5.97 Å². The first-order chi connectivity index (χ1) is 8.66. The monoisotopic (exact) mass is 266 g/mol. The number of carbonyl (C=O) groups is 1. The molecule has 0 radical (unpaired) electrons. The highest BCUT2D eigenvalue weighted by atomic mass is 16.6. The van der Waals surface area contributed by atoms with Crippen LogP contribution in [-0.2, 0) is 10.3 Å². The molecule has 0 amide bonds. The number of nitrogens with zero attached hydrogens (tertiary/aromatic N) is 1. The number of nitro groups is 1. The van der Waals surface area contributed by atoms with Crippen LogP contribution in [0.25, 0.3) is 0 Å². The molecule has 1 aliphatic heterocycles. The highest BCUT2D eigenvalue weighted by Gasteiger charge is 2.48. The molecular formula is C12H14N2O5. The van der Waals surface area contributed by atoms with Gasteiger partial charge in [-0.1, -0.05) is 0 Å². The van der Waals surface area contributed by atoms with Crippen LogP contribution in [0, 0.1) is 10.1 Å². The Morgan fingerprint density at radius 3 is 2.68 bits per heavy atom. The number of hydrogen-bond donors (Lipinski definition) is 2. The van der Waals surface area contributed by atoms with Gasteiger partial charge in [0.2, 0.25) is 0 Å². The molecule has 0 saturated carbocycles. The molecule has 7 heteroatoms. The summed E-state index contributed by atoms with van der Waals surface area (Å²) < 4.78 is 5.63. The van der Waals surface area contributed by atoms with Gasteiger partial charge in [-0.2, -0.15) is 0 Å². The van der Waals surface area contributed by atoms with E-state index in [1.165, 1.54) is 18.2 Å². The molecule has 1 aromatic carbocycles. The number of carboxylic acids is 1. The van der Waals surface area contributed by atoms with Gasteiger partial charge in [-0.05, 0) is 19.9 Å². The highest BCUT2D eigenvalue weighted by Crippen LogP contribution is 2.43. The second-order valence-corrected chi connectivity index (χ2v) is 5.25. The maximum atomic E-state index is 11.5. The van der Waals surface area contributed by atoms with Crippen LogP contribution in [0.1, 0.15) is 25.8 Å². The van der Waals surface area contributed by atoms with Crippen LogP contribution in [0.4, 0.5) is 5.69 Å². The van der Waals surface area contributed by atoms with Crippen molar-refractivity contribution >= 4 is 11.7 Å². The van der Waals surface area contributed by atoms with E-state index in [-0.39, 0.29) is 23.4 Å². The molecule has 0 bridgehead atoms. The lowest BCUT2D eigenvalue weighted by molar-refractivity contribution is -0.385. The van der Waals surface area contributed by atoms with Crippen molar-refractivity contribution < 1.29 is 19.6 Å². The molecule has 1 atom stereocenters. The molecular weight excluding hydrogens is 252 g/mol. The van der Waals surface area contributed by atoms with Crippen LogP contribution < -0.4 is 10.5 Å². The molecule has 0 fully saturated rings. The Bertz CT molecular complexity index is 569. The third-order valence-corrected chi connectivity index (χ3v) is 3.13. The van der Waals surface area contributed by atoms with E-state index in [0.29, 0.717) is 0 Å². The molecule has 3 N–H and O–H groups in total. The molecule has 1 aliphatic rings. The van der Waals surface area contributed by atoms with E-state index >= 15 is 0 Å². The molecule has 1 heterocycles. The Balaban J connectivity index is 2.65. The zero-order chi connectivity index (χ0) is 14.4. The molecule has 102 valence electrons. The summed E-state index contributed by atoms with van der Waals surface area (Å²) >= 11 is 0. The molecule has 2 rings (SSSR count). The fourth-order valence-electron chi connectivity index (χ4n) is 2.36. The zero-order valence-electron chi connectivity index (χ0n) is 10.5. The SMILES string of the molecule is CC1(C)CC(N)(C(=O)O)c2cc([N+](=O)[O-])ccc2O1. The average molecular weight is 266 g/mol. The van der Waals surface area contributed by atoms with Gasteiger partial charge in [-0.15, -0.1) is 0 Å². The predicted molar refractivity (Wildman–Crippen MR) is 65.9 cm³/mol. The van der Waals surface area contributed by atoms with E-state index in [1.54, 1.807) is 13.8 Å². The third-order valence-electron chi connectivity index (χ3n) is 3.13. The van der Waals surface area contributed by atoms with E-state index < -0.39 is 22.0 Å². The molecule has 0 aromatic heterocycles. The maximum Gasteiger partial charge on any atom is 0.328 e. The smallest absolute Gasteiger partial charge is 0.328 e. The fraction of sp³-hybridized carbons (Fsp3) is 0.417. The van der Waals surface area contributed by atoms with Crippen LogP contribution in [0.3, 0.4) is 0 Å². The van der Waals surface area contributed by atoms with Crippen molar-refractivity contribution in [2.24, 2.45) is 5.73 Å². The number of fused-ring (bicyclic) bond motifs is 1. The fourth-order valence-corrected chi connectivity index (χ4v) is 2.36. The summed E-state index contributed by atoms with van der Waals surface area (Å²) in [6.07, 6.45) is 0.0313. The summed E-state index contributed by atoms with van der Waals surface area (Å²) in [6.45, 7) is 3.45. The lowest BCUT2D eigenvalue weighted by Gasteiger charge is -2.41. The van der Waals surface area contributed by atoms with Crippen LogP contribution in [0.5, 0.6) is 5.75 Å². The number of rotatable bonds is 2. The Morgan fingerprint density at radius 1 is 1.53 bits per heavy atom. The van der Waals surface area contributed by atoms with Crippen molar-refractivity contribution in [1.82, 2.24) is 0 Å². The second-order valence-electron chi connectivity index (χ2n) is 5.25. The standard InChI is InChI=1S/C12H14N2O5/c1-11(2)6-12(13,10(15)16)8-5-7(14(17)18)3-4-9(8)19-11/h3-5H,6,13H2,1-2H3,(H,15,16). The van der Waals surface area contributed by atoms with Gasteiger partial charge in [0.1, 0.15) is 16.9 Å². The highest BCUT2D eigenvalue weighted by molar-refractivity contribution is 5.82. The predicted octanol–water partition coefficient (Wildman–Crippen LogP) is 1.39. The molecule has 0 aliphatic carbocycles. The largest absolute Gasteiger partial charge is 0.487 e.